The van der Waals surface area contributed by atoms with Gasteiger partial charge in [0.2, 0.25) is 0 Å². The molecule has 3 N–H and O–H groups in total. The van der Waals surface area contributed by atoms with Crippen molar-refractivity contribution in [1.82, 2.24) is 10.6 Å². The molecule has 1 heterocycles. The van der Waals surface area contributed by atoms with Crippen molar-refractivity contribution in [2.24, 2.45) is 0 Å². The van der Waals surface area contributed by atoms with E-state index in [0.29, 0.717) is 36.9 Å². The highest BCUT2D eigenvalue weighted by molar-refractivity contribution is 6.30. The van der Waals surface area contributed by atoms with Crippen molar-refractivity contribution in [3.8, 4) is 5.75 Å². The number of carboxylic acids is 1. The third kappa shape index (κ3) is 3.59. The van der Waals surface area contributed by atoms with Gasteiger partial charge in [0.25, 0.3) is 0 Å². The van der Waals surface area contributed by atoms with E-state index in [1.54, 1.807) is 24.3 Å². The molecule has 2 rings (SSSR count). The number of piperazine rings is 1. The largest absolute Gasteiger partial charge is 0.494 e. The van der Waals surface area contributed by atoms with Crippen LogP contribution in [0.15, 0.2) is 24.3 Å². The predicted octanol–water partition coefficient (Wildman–Crippen LogP) is 1.13. The van der Waals surface area contributed by atoms with E-state index < -0.39 is 11.5 Å². The second-order valence-electron chi connectivity index (χ2n) is 4.54. The number of hydrogen-bond acceptors (Lipinski definition) is 4. The summed E-state index contributed by atoms with van der Waals surface area (Å²) < 4.78 is 5.55. The maximum absolute atomic E-state index is 11.4. The van der Waals surface area contributed by atoms with Gasteiger partial charge >= 0.3 is 5.97 Å². The molecule has 6 heteroatoms. The van der Waals surface area contributed by atoms with Crippen LogP contribution < -0.4 is 15.4 Å². The van der Waals surface area contributed by atoms with Crippen molar-refractivity contribution in [2.45, 2.75) is 12.0 Å². The lowest BCUT2D eigenvalue weighted by atomic mass is 9.94. The molecule has 0 amide bonds. The van der Waals surface area contributed by atoms with Crippen molar-refractivity contribution in [2.75, 3.05) is 26.2 Å². The fourth-order valence-corrected chi connectivity index (χ4v) is 2.19. The number of aliphatic carboxylic acids is 1. The van der Waals surface area contributed by atoms with Crippen LogP contribution in [-0.4, -0.2) is 42.9 Å². The Kier molecular flexibility index (Phi) is 4.63. The molecule has 0 aliphatic carbocycles. The van der Waals surface area contributed by atoms with Gasteiger partial charge in [-0.2, -0.15) is 0 Å². The van der Waals surface area contributed by atoms with Gasteiger partial charge in [-0.25, -0.2) is 0 Å². The minimum atomic E-state index is -0.940. The van der Waals surface area contributed by atoms with Crippen molar-refractivity contribution in [3.63, 3.8) is 0 Å². The van der Waals surface area contributed by atoms with Crippen LogP contribution >= 0.6 is 11.6 Å². The normalized spacial score (nSPS) is 23.0. The van der Waals surface area contributed by atoms with E-state index in [-0.39, 0.29) is 0 Å². The lowest BCUT2D eigenvalue weighted by molar-refractivity contribution is -0.146. The monoisotopic (exact) mass is 284 g/mol. The highest BCUT2D eigenvalue weighted by Crippen LogP contribution is 2.18. The predicted molar refractivity (Wildman–Crippen MR) is 72.8 cm³/mol. The Morgan fingerprint density at radius 2 is 2.11 bits per heavy atom. The average molecular weight is 285 g/mol. The fourth-order valence-electron chi connectivity index (χ4n) is 2.06. The van der Waals surface area contributed by atoms with Crippen LogP contribution in [0.1, 0.15) is 6.42 Å². The number of rotatable bonds is 5. The van der Waals surface area contributed by atoms with E-state index in [2.05, 4.69) is 10.6 Å². The molecule has 5 nitrogen and oxygen atoms in total. The van der Waals surface area contributed by atoms with Crippen LogP contribution in [0.25, 0.3) is 0 Å². The molecule has 0 aromatic heterocycles. The summed E-state index contributed by atoms with van der Waals surface area (Å²) in [6.45, 7) is 2.18. The second-order valence-corrected chi connectivity index (χ2v) is 4.98. The molecule has 104 valence electrons. The molecular weight excluding hydrogens is 268 g/mol. The van der Waals surface area contributed by atoms with E-state index in [1.807, 2.05) is 0 Å². The van der Waals surface area contributed by atoms with Crippen LogP contribution in [0.5, 0.6) is 5.75 Å². The number of ether oxygens (including phenoxy) is 1. The summed E-state index contributed by atoms with van der Waals surface area (Å²) in [6.07, 6.45) is 0.401. The van der Waals surface area contributed by atoms with Gasteiger partial charge in [-0.3, -0.25) is 10.1 Å². The zero-order valence-corrected chi connectivity index (χ0v) is 11.2. The first kappa shape index (κ1) is 14.1. The molecule has 1 aromatic rings. The number of benzene rings is 1. The highest BCUT2D eigenvalue weighted by Gasteiger charge is 2.39. The number of halogens is 1. The highest BCUT2D eigenvalue weighted by atomic mass is 35.5. The topological polar surface area (TPSA) is 70.6 Å². The molecule has 1 aromatic carbocycles. The molecule has 0 radical (unpaired) electrons. The molecule has 0 unspecified atom stereocenters. The summed E-state index contributed by atoms with van der Waals surface area (Å²) in [5, 5.41) is 16.2. The molecule has 1 aliphatic rings. The Bertz CT molecular complexity index is 430. The Hall–Kier alpha value is -1.30. The Balaban J connectivity index is 1.89. The zero-order chi connectivity index (χ0) is 13.7. The van der Waals surface area contributed by atoms with Gasteiger partial charge in [0.05, 0.1) is 6.61 Å². The number of nitrogens with one attached hydrogen (secondary N) is 2. The summed E-state index contributed by atoms with van der Waals surface area (Å²) in [7, 11) is 0. The summed E-state index contributed by atoms with van der Waals surface area (Å²) in [5.41, 5.74) is -0.940. The molecule has 19 heavy (non-hydrogen) atoms. The third-order valence-electron chi connectivity index (χ3n) is 3.21. The third-order valence-corrected chi connectivity index (χ3v) is 3.46. The van der Waals surface area contributed by atoms with Gasteiger partial charge in [0, 0.05) is 31.1 Å². The summed E-state index contributed by atoms with van der Waals surface area (Å²) in [4.78, 5) is 11.4. The molecule has 0 spiro atoms. The smallest absolute Gasteiger partial charge is 0.325 e. The van der Waals surface area contributed by atoms with Gasteiger partial charge in [-0.15, -0.1) is 0 Å². The quantitative estimate of drug-likeness (QED) is 0.756. The Labute approximate surface area is 116 Å². The summed E-state index contributed by atoms with van der Waals surface area (Å²) >= 11 is 5.78. The van der Waals surface area contributed by atoms with Crippen LogP contribution in [0, 0.1) is 0 Å². The van der Waals surface area contributed by atoms with Crippen LogP contribution in [0.4, 0.5) is 0 Å². The zero-order valence-electron chi connectivity index (χ0n) is 10.5. The first-order chi connectivity index (χ1) is 9.12. The lowest BCUT2D eigenvalue weighted by Crippen LogP contribution is -2.64. The summed E-state index contributed by atoms with van der Waals surface area (Å²) in [5.74, 6) is -0.159. The first-order valence-electron chi connectivity index (χ1n) is 6.20. The van der Waals surface area contributed by atoms with Crippen molar-refractivity contribution >= 4 is 17.6 Å². The van der Waals surface area contributed by atoms with E-state index >= 15 is 0 Å². The van der Waals surface area contributed by atoms with Crippen LogP contribution in [0.2, 0.25) is 5.02 Å². The van der Waals surface area contributed by atoms with E-state index in [0.717, 1.165) is 6.54 Å². The van der Waals surface area contributed by atoms with E-state index in [1.165, 1.54) is 0 Å². The molecule has 1 saturated heterocycles. The molecule has 0 bridgehead atoms. The SMILES string of the molecule is O=C(O)[C@@]1(CCOc2ccc(Cl)cc2)CNCCN1. The first-order valence-corrected chi connectivity index (χ1v) is 6.58. The molecular formula is C13H17ClN2O3. The van der Waals surface area contributed by atoms with E-state index in [4.69, 9.17) is 16.3 Å². The molecule has 1 aliphatic heterocycles. The second kappa shape index (κ2) is 6.23. The van der Waals surface area contributed by atoms with Crippen molar-refractivity contribution in [1.29, 1.82) is 0 Å². The van der Waals surface area contributed by atoms with Crippen LogP contribution in [-0.2, 0) is 4.79 Å². The minimum Gasteiger partial charge on any atom is -0.494 e. The number of hydrogen-bond donors (Lipinski definition) is 3. The maximum atomic E-state index is 11.4. The van der Waals surface area contributed by atoms with Gasteiger partial charge in [-0.1, -0.05) is 11.6 Å². The van der Waals surface area contributed by atoms with E-state index in [9.17, 15) is 9.90 Å². The Morgan fingerprint density at radius 1 is 1.37 bits per heavy atom. The Morgan fingerprint density at radius 3 is 2.68 bits per heavy atom. The average Bonchev–Trinajstić information content (AvgIpc) is 2.42. The van der Waals surface area contributed by atoms with Crippen molar-refractivity contribution in [3.05, 3.63) is 29.3 Å². The number of carboxylic acid groups (broad SMARTS) is 1. The maximum Gasteiger partial charge on any atom is 0.325 e. The molecule has 1 atom stereocenters. The number of carbonyl (C=O) groups is 1. The van der Waals surface area contributed by atoms with Crippen molar-refractivity contribution < 1.29 is 14.6 Å². The van der Waals surface area contributed by atoms with Gasteiger partial charge in [-0.05, 0) is 24.3 Å². The minimum absolute atomic E-state index is 0.336. The van der Waals surface area contributed by atoms with Gasteiger partial charge in [0.1, 0.15) is 11.3 Å². The molecule has 1 fully saturated rings. The van der Waals surface area contributed by atoms with Crippen LogP contribution in [0.3, 0.4) is 0 Å². The van der Waals surface area contributed by atoms with Gasteiger partial charge < -0.3 is 15.2 Å². The lowest BCUT2D eigenvalue weighted by Gasteiger charge is -2.34. The standard InChI is InChI=1S/C13H17ClN2O3/c14-10-1-3-11(4-2-10)19-8-5-13(12(17)18)9-15-6-7-16-13/h1-4,15-16H,5-9H2,(H,17,18)/t13-/m1/s1. The summed E-state index contributed by atoms with van der Waals surface area (Å²) in [6, 6.07) is 7.01. The van der Waals surface area contributed by atoms with Gasteiger partial charge in [0.15, 0.2) is 0 Å². The molecule has 0 saturated carbocycles. The fraction of sp³-hybridized carbons (Fsp3) is 0.462.